The first-order chi connectivity index (χ1) is 23.9. The van der Waals surface area contributed by atoms with E-state index in [9.17, 15) is 19.2 Å². The van der Waals surface area contributed by atoms with Gasteiger partial charge >= 0.3 is 0 Å². The van der Waals surface area contributed by atoms with E-state index in [0.29, 0.717) is 30.0 Å². The zero-order valence-electron chi connectivity index (χ0n) is 37.6. The van der Waals surface area contributed by atoms with Crippen molar-refractivity contribution in [1.29, 1.82) is 0 Å². The van der Waals surface area contributed by atoms with Crippen LogP contribution >= 0.6 is 0 Å². The zero-order chi connectivity index (χ0) is 41.4. The molecule has 2 unspecified atom stereocenters. The maximum absolute atomic E-state index is 11.8. The van der Waals surface area contributed by atoms with Crippen molar-refractivity contribution in [2.24, 2.45) is 35.5 Å². The van der Waals surface area contributed by atoms with E-state index in [1.54, 1.807) is 13.8 Å². The molecule has 0 saturated carbocycles. The molecule has 0 aliphatic rings. The van der Waals surface area contributed by atoms with Gasteiger partial charge in [0.05, 0.1) is 13.1 Å². The smallest absolute Gasteiger partial charge is 0.239 e. The Balaban J connectivity index is -0.000000139. The molecule has 51 heavy (non-hydrogen) atoms. The van der Waals surface area contributed by atoms with Crippen LogP contribution in [0, 0.1) is 42.4 Å². The molecule has 0 aromatic heterocycles. The summed E-state index contributed by atoms with van der Waals surface area (Å²) in [5.74, 6) is 3.04. The average Bonchev–Trinajstić information content (AvgIpc) is 3.10. The Hall–Kier alpha value is -2.50. The van der Waals surface area contributed by atoms with E-state index in [2.05, 4.69) is 106 Å². The monoisotopic (exact) mass is 723 g/mol. The third kappa shape index (κ3) is 54.4. The summed E-state index contributed by atoms with van der Waals surface area (Å²) < 4.78 is 0. The van der Waals surface area contributed by atoms with Gasteiger partial charge in [0, 0.05) is 18.3 Å². The number of amides is 2. The van der Waals surface area contributed by atoms with Crippen molar-refractivity contribution in [3.63, 3.8) is 0 Å². The van der Waals surface area contributed by atoms with E-state index in [1.165, 1.54) is 12.0 Å². The highest BCUT2D eigenvalue weighted by molar-refractivity contribution is 5.89. The molecule has 0 aliphatic carbocycles. The fourth-order valence-electron chi connectivity index (χ4n) is 3.69. The van der Waals surface area contributed by atoms with Crippen molar-refractivity contribution in [1.82, 2.24) is 10.6 Å². The van der Waals surface area contributed by atoms with E-state index in [-0.39, 0.29) is 36.6 Å². The number of Topliss-reactive ketones (excluding diaryl/α,β-unsaturated/α-hetero) is 2. The summed E-state index contributed by atoms with van der Waals surface area (Å²) >= 11 is 0. The molecule has 2 N–H and O–H groups in total. The molecule has 0 spiro atoms. The fourth-order valence-corrected chi connectivity index (χ4v) is 3.69. The molecule has 0 fully saturated rings. The Morgan fingerprint density at radius 1 is 0.667 bits per heavy atom. The van der Waals surface area contributed by atoms with Crippen LogP contribution in [0.5, 0.6) is 0 Å². The molecule has 2 amide bonds. The van der Waals surface area contributed by atoms with Crippen molar-refractivity contribution in [3.05, 3.63) is 35.9 Å². The van der Waals surface area contributed by atoms with E-state index >= 15 is 0 Å². The normalized spacial score (nSPS) is 11.3. The van der Waals surface area contributed by atoms with Gasteiger partial charge in [-0.1, -0.05) is 186 Å². The van der Waals surface area contributed by atoms with Gasteiger partial charge < -0.3 is 10.6 Å². The number of carbonyl (C=O) groups excluding carboxylic acids is 4. The van der Waals surface area contributed by atoms with Crippen LogP contribution in [0.2, 0.25) is 0 Å². The highest BCUT2D eigenvalue weighted by Crippen LogP contribution is 2.17. The van der Waals surface area contributed by atoms with Gasteiger partial charge in [-0.25, -0.2) is 0 Å². The second-order valence-corrected chi connectivity index (χ2v) is 14.2. The lowest BCUT2D eigenvalue weighted by molar-refractivity contribution is -0.129. The first-order valence-electron chi connectivity index (χ1n) is 20.5. The van der Waals surface area contributed by atoms with Crippen LogP contribution in [0.1, 0.15) is 182 Å². The zero-order valence-corrected chi connectivity index (χ0v) is 37.6. The quantitative estimate of drug-likeness (QED) is 0.178. The van der Waals surface area contributed by atoms with Gasteiger partial charge in [-0.15, -0.1) is 0 Å². The van der Waals surface area contributed by atoms with Crippen molar-refractivity contribution in [2.75, 3.05) is 13.1 Å². The first kappa shape index (κ1) is 60.6. The minimum atomic E-state index is -0.322. The lowest BCUT2D eigenvalue weighted by Crippen LogP contribution is -2.40. The molecule has 1 aromatic carbocycles. The standard InChI is InChI=1S/C16H30N2O3.C9H18O.C7H8.C5H12.C4H10.2C2H6/c1-5-12(3)8-7-9-13(4)16(21)18-11-15(20)17-10-14(19)6-2;1-5-6-9(7(2)3)8(4)10;1-7-5-3-2-4-6-7;1-4-5(2)3;1-4(2)3;2*1-2/h12-13H,5-11H2,1-4H3,(H,17,20)(H,18,21);7,9H,5-6H2,1-4H3;2-6H,1H3;5H,4H2,1-3H3;4H,1-3H3;2*1-2H3/t12?,13-;;;;;;/m0....../s1. The lowest BCUT2D eigenvalue weighted by Gasteiger charge is -2.15. The fraction of sp³-hybridized carbons (Fsp3) is 0.778. The van der Waals surface area contributed by atoms with E-state index < -0.39 is 0 Å². The van der Waals surface area contributed by atoms with Crippen LogP contribution in [-0.4, -0.2) is 36.5 Å². The third-order valence-corrected chi connectivity index (χ3v) is 7.46. The molecule has 6 heteroatoms. The van der Waals surface area contributed by atoms with E-state index in [1.807, 2.05) is 52.8 Å². The molecule has 3 atom stereocenters. The van der Waals surface area contributed by atoms with Gasteiger partial charge in [-0.05, 0) is 50.4 Å². The number of ketones is 2. The summed E-state index contributed by atoms with van der Waals surface area (Å²) in [6.45, 7) is 39.3. The van der Waals surface area contributed by atoms with E-state index in [0.717, 1.165) is 50.4 Å². The van der Waals surface area contributed by atoms with Gasteiger partial charge in [0.15, 0.2) is 5.78 Å². The highest BCUT2D eigenvalue weighted by atomic mass is 16.2. The highest BCUT2D eigenvalue weighted by Gasteiger charge is 2.16. The molecule has 0 radical (unpaired) electrons. The summed E-state index contributed by atoms with van der Waals surface area (Å²) in [7, 11) is 0. The minimum absolute atomic E-state index is 0.0203. The molecular weight excluding hydrogens is 633 g/mol. The molecule has 6 nitrogen and oxygen atoms in total. The third-order valence-electron chi connectivity index (χ3n) is 7.46. The Morgan fingerprint density at radius 3 is 1.43 bits per heavy atom. The number of benzene rings is 1. The first-order valence-corrected chi connectivity index (χ1v) is 20.5. The Labute approximate surface area is 319 Å². The van der Waals surface area contributed by atoms with Crippen molar-refractivity contribution < 1.29 is 19.2 Å². The molecular formula is C45H90N2O4. The molecule has 1 rings (SSSR count). The molecule has 304 valence electrons. The molecule has 1 aromatic rings. The van der Waals surface area contributed by atoms with E-state index in [4.69, 9.17) is 0 Å². The Bertz CT molecular complexity index is 879. The Kier molecular flexibility index (Phi) is 54.1. The maximum Gasteiger partial charge on any atom is 0.239 e. The molecule has 0 saturated heterocycles. The maximum atomic E-state index is 11.8. The van der Waals surface area contributed by atoms with Gasteiger partial charge in [0.2, 0.25) is 11.8 Å². The predicted molar refractivity (Wildman–Crippen MR) is 227 cm³/mol. The number of nitrogens with one attached hydrogen (secondary N) is 2. The Morgan fingerprint density at radius 2 is 1.14 bits per heavy atom. The van der Waals surface area contributed by atoms with Gasteiger partial charge in [0.1, 0.15) is 5.78 Å². The minimum Gasteiger partial charge on any atom is -0.347 e. The van der Waals surface area contributed by atoms with Gasteiger partial charge in [-0.3, -0.25) is 19.2 Å². The topological polar surface area (TPSA) is 92.3 Å². The number of hydrogen-bond donors (Lipinski definition) is 2. The lowest BCUT2D eigenvalue weighted by atomic mass is 9.88. The number of carbonyl (C=O) groups is 4. The van der Waals surface area contributed by atoms with Crippen LogP contribution in [0.3, 0.4) is 0 Å². The average molecular weight is 723 g/mol. The second-order valence-electron chi connectivity index (χ2n) is 14.2. The van der Waals surface area contributed by atoms with Crippen LogP contribution in [-0.2, 0) is 19.2 Å². The molecule has 0 heterocycles. The number of rotatable bonds is 16. The molecule has 0 bridgehead atoms. The van der Waals surface area contributed by atoms with Crippen molar-refractivity contribution in [2.45, 2.75) is 183 Å². The van der Waals surface area contributed by atoms with Crippen molar-refractivity contribution >= 4 is 23.4 Å². The van der Waals surface area contributed by atoms with Crippen LogP contribution in [0.4, 0.5) is 0 Å². The summed E-state index contributed by atoms with van der Waals surface area (Å²) in [5.41, 5.74) is 1.32. The molecule has 0 aliphatic heterocycles. The predicted octanol–water partition coefficient (Wildman–Crippen LogP) is 12.5. The van der Waals surface area contributed by atoms with Crippen molar-refractivity contribution in [3.8, 4) is 0 Å². The largest absolute Gasteiger partial charge is 0.347 e. The van der Waals surface area contributed by atoms with Crippen LogP contribution in [0.15, 0.2) is 30.3 Å². The second kappa shape index (κ2) is 45.5. The van der Waals surface area contributed by atoms with Gasteiger partial charge in [0.25, 0.3) is 0 Å². The van der Waals surface area contributed by atoms with Crippen LogP contribution in [0.25, 0.3) is 0 Å². The SMILES string of the molecule is CC.CC.CC(C)C.CCC(=O)CNC(=O)CNC(=O)[C@@H](C)CCCC(C)CC.CCC(C)C.CCCC(C(C)=O)C(C)C.Cc1ccccc1. The summed E-state index contributed by atoms with van der Waals surface area (Å²) in [6.07, 6.45) is 8.03. The number of aryl methyl sites for hydroxylation is 1. The number of hydrogen-bond acceptors (Lipinski definition) is 4. The summed E-state index contributed by atoms with van der Waals surface area (Å²) in [6, 6.07) is 10.3. The summed E-state index contributed by atoms with van der Waals surface area (Å²) in [5, 5.41) is 5.10. The van der Waals surface area contributed by atoms with Gasteiger partial charge in [-0.2, -0.15) is 0 Å². The summed E-state index contributed by atoms with van der Waals surface area (Å²) in [4.78, 5) is 45.3. The van der Waals surface area contributed by atoms with Crippen LogP contribution < -0.4 is 10.6 Å².